The minimum absolute atomic E-state index is 0.0246. The highest BCUT2D eigenvalue weighted by Crippen LogP contribution is 2.33. The molecule has 1 amide bonds. The number of nitrogens with one attached hydrogen (secondary N) is 1. The van der Waals surface area contributed by atoms with Crippen LogP contribution in [0.4, 0.5) is 11.7 Å². The summed E-state index contributed by atoms with van der Waals surface area (Å²) in [6.07, 6.45) is 1.35. The summed E-state index contributed by atoms with van der Waals surface area (Å²) < 4.78 is 26.7. The zero-order chi connectivity index (χ0) is 24.1. The molecule has 1 N–H and O–H groups in total. The van der Waals surface area contributed by atoms with Gasteiger partial charge in [0.25, 0.3) is 0 Å². The molecule has 1 aliphatic rings. The maximum atomic E-state index is 12.8. The van der Waals surface area contributed by atoms with Crippen molar-refractivity contribution in [3.8, 4) is 34.4 Å². The molecule has 2 heterocycles. The summed E-state index contributed by atoms with van der Waals surface area (Å²) >= 11 is 0. The number of methoxy groups -OCH3 is 4. The number of hydrogen-bond acceptors (Lipinski definition) is 9. The second-order valence-electron chi connectivity index (χ2n) is 7.79. The molecule has 4 rings (SSSR count). The number of anilines is 2. The van der Waals surface area contributed by atoms with E-state index in [4.69, 9.17) is 23.5 Å². The minimum atomic E-state index is -0.113. The van der Waals surface area contributed by atoms with Crippen molar-refractivity contribution >= 4 is 17.6 Å². The Kier molecular flexibility index (Phi) is 7.05. The number of hydrogen-bond donors (Lipinski definition) is 1. The van der Waals surface area contributed by atoms with Crippen LogP contribution >= 0.6 is 0 Å². The summed E-state index contributed by atoms with van der Waals surface area (Å²) in [5, 5.41) is 7.08. The second kappa shape index (κ2) is 10.3. The van der Waals surface area contributed by atoms with Crippen molar-refractivity contribution in [2.24, 2.45) is 5.92 Å². The van der Waals surface area contributed by atoms with Gasteiger partial charge in [-0.1, -0.05) is 5.16 Å². The molecule has 0 spiro atoms. The van der Waals surface area contributed by atoms with Crippen molar-refractivity contribution in [1.82, 2.24) is 10.1 Å². The standard InChI is InChI=1S/C24H28N4O6/c1-30-18-7-5-16(13-20(18)32-3)22-26-24(34-27-22)28-11-9-15(10-12-28)23(29)25-17-6-8-19(31-2)21(14-17)33-4/h5-8,13-15H,9-12H2,1-4H3,(H,25,29). The first-order valence-electron chi connectivity index (χ1n) is 10.9. The summed E-state index contributed by atoms with van der Waals surface area (Å²) in [4.78, 5) is 19.3. The number of rotatable bonds is 8. The molecule has 10 heteroatoms. The van der Waals surface area contributed by atoms with Crippen molar-refractivity contribution in [2.45, 2.75) is 12.8 Å². The van der Waals surface area contributed by atoms with Crippen molar-refractivity contribution in [2.75, 3.05) is 51.7 Å². The average molecular weight is 469 g/mol. The Balaban J connectivity index is 1.36. The quantitative estimate of drug-likeness (QED) is 0.530. The number of piperidine rings is 1. The fourth-order valence-corrected chi connectivity index (χ4v) is 3.93. The molecule has 0 bridgehead atoms. The van der Waals surface area contributed by atoms with Gasteiger partial charge in [0.2, 0.25) is 11.7 Å². The predicted molar refractivity (Wildman–Crippen MR) is 126 cm³/mol. The first-order valence-corrected chi connectivity index (χ1v) is 10.9. The number of carbonyl (C=O) groups excluding carboxylic acids is 1. The zero-order valence-electron chi connectivity index (χ0n) is 19.7. The van der Waals surface area contributed by atoms with Crippen LogP contribution in [-0.4, -0.2) is 57.6 Å². The Morgan fingerprint density at radius 2 is 1.53 bits per heavy atom. The summed E-state index contributed by atoms with van der Waals surface area (Å²) in [5.41, 5.74) is 1.43. The van der Waals surface area contributed by atoms with Gasteiger partial charge < -0.3 is 33.7 Å². The number of nitrogens with zero attached hydrogens (tertiary/aromatic N) is 3. The molecule has 34 heavy (non-hydrogen) atoms. The van der Waals surface area contributed by atoms with Crippen LogP contribution < -0.4 is 29.2 Å². The van der Waals surface area contributed by atoms with E-state index in [1.165, 1.54) is 0 Å². The molecular formula is C24H28N4O6. The van der Waals surface area contributed by atoms with E-state index in [1.807, 2.05) is 11.0 Å². The Morgan fingerprint density at radius 3 is 2.18 bits per heavy atom. The molecule has 1 fully saturated rings. The minimum Gasteiger partial charge on any atom is -0.493 e. The molecular weight excluding hydrogens is 440 g/mol. The smallest absolute Gasteiger partial charge is 0.324 e. The van der Waals surface area contributed by atoms with Gasteiger partial charge in [0.15, 0.2) is 23.0 Å². The highest BCUT2D eigenvalue weighted by molar-refractivity contribution is 5.93. The lowest BCUT2D eigenvalue weighted by molar-refractivity contribution is -0.120. The monoisotopic (exact) mass is 468 g/mol. The van der Waals surface area contributed by atoms with Crippen LogP contribution in [0.15, 0.2) is 40.9 Å². The Morgan fingerprint density at radius 1 is 0.912 bits per heavy atom. The van der Waals surface area contributed by atoms with Crippen molar-refractivity contribution in [3.63, 3.8) is 0 Å². The number of benzene rings is 2. The zero-order valence-corrected chi connectivity index (χ0v) is 19.7. The van der Waals surface area contributed by atoms with E-state index >= 15 is 0 Å². The number of ether oxygens (including phenoxy) is 4. The fourth-order valence-electron chi connectivity index (χ4n) is 3.93. The molecule has 1 aromatic heterocycles. The van der Waals surface area contributed by atoms with E-state index < -0.39 is 0 Å². The van der Waals surface area contributed by atoms with Gasteiger partial charge >= 0.3 is 6.01 Å². The van der Waals surface area contributed by atoms with Gasteiger partial charge in [0.05, 0.1) is 28.4 Å². The van der Waals surface area contributed by atoms with Crippen molar-refractivity contribution in [3.05, 3.63) is 36.4 Å². The van der Waals surface area contributed by atoms with E-state index in [-0.39, 0.29) is 11.8 Å². The lowest BCUT2D eigenvalue weighted by Crippen LogP contribution is -2.38. The van der Waals surface area contributed by atoms with Crippen LogP contribution in [0.5, 0.6) is 23.0 Å². The lowest BCUT2D eigenvalue weighted by atomic mass is 9.96. The third kappa shape index (κ3) is 4.85. The van der Waals surface area contributed by atoms with Crippen LogP contribution in [0.3, 0.4) is 0 Å². The van der Waals surface area contributed by atoms with Crippen LogP contribution in [0, 0.1) is 5.92 Å². The van der Waals surface area contributed by atoms with E-state index in [2.05, 4.69) is 15.5 Å². The topological polar surface area (TPSA) is 108 Å². The molecule has 180 valence electrons. The Bertz CT molecular complexity index is 1140. The molecule has 1 aliphatic heterocycles. The fraction of sp³-hybridized carbons (Fsp3) is 0.375. The normalized spacial score (nSPS) is 13.9. The first-order chi connectivity index (χ1) is 16.6. The molecule has 3 aromatic rings. The average Bonchev–Trinajstić information content (AvgIpc) is 3.38. The van der Waals surface area contributed by atoms with Gasteiger partial charge in [-0.15, -0.1) is 0 Å². The Hall–Kier alpha value is -3.95. The van der Waals surface area contributed by atoms with Crippen LogP contribution in [0.25, 0.3) is 11.4 Å². The number of carbonyl (C=O) groups is 1. The van der Waals surface area contributed by atoms with Crippen LogP contribution in [0.2, 0.25) is 0 Å². The summed E-state index contributed by atoms with van der Waals surface area (Å²) in [6.45, 7) is 1.27. The van der Waals surface area contributed by atoms with Gasteiger partial charge in [0.1, 0.15) is 0 Å². The third-order valence-electron chi connectivity index (χ3n) is 5.84. The second-order valence-corrected chi connectivity index (χ2v) is 7.79. The summed E-state index contributed by atoms with van der Waals surface area (Å²) in [7, 11) is 6.30. The van der Waals surface area contributed by atoms with Crippen molar-refractivity contribution in [1.29, 1.82) is 0 Å². The van der Waals surface area contributed by atoms with Crippen molar-refractivity contribution < 1.29 is 28.3 Å². The first kappa shape index (κ1) is 23.2. The van der Waals surface area contributed by atoms with Gasteiger partial charge in [-0.05, 0) is 43.2 Å². The predicted octanol–water partition coefficient (Wildman–Crippen LogP) is 3.63. The molecule has 0 saturated carbocycles. The molecule has 0 aliphatic carbocycles. The third-order valence-corrected chi connectivity index (χ3v) is 5.84. The van der Waals surface area contributed by atoms with Gasteiger partial charge in [-0.25, -0.2) is 0 Å². The highest BCUT2D eigenvalue weighted by Gasteiger charge is 2.28. The van der Waals surface area contributed by atoms with Gasteiger partial charge in [-0.3, -0.25) is 4.79 Å². The lowest BCUT2D eigenvalue weighted by Gasteiger charge is -2.29. The summed E-state index contributed by atoms with van der Waals surface area (Å²) in [5.74, 6) is 2.72. The number of aromatic nitrogens is 2. The van der Waals surface area contributed by atoms with Crippen LogP contribution in [0.1, 0.15) is 12.8 Å². The van der Waals surface area contributed by atoms with Crippen LogP contribution in [-0.2, 0) is 4.79 Å². The summed E-state index contributed by atoms with van der Waals surface area (Å²) in [6, 6.07) is 11.2. The van der Waals surface area contributed by atoms with E-state index in [9.17, 15) is 4.79 Å². The molecule has 2 aromatic carbocycles. The maximum absolute atomic E-state index is 12.8. The van der Waals surface area contributed by atoms with Gasteiger partial charge in [0, 0.05) is 36.3 Å². The molecule has 0 radical (unpaired) electrons. The largest absolute Gasteiger partial charge is 0.493 e. The highest BCUT2D eigenvalue weighted by atomic mass is 16.5. The van der Waals surface area contributed by atoms with E-state index in [0.717, 1.165) is 5.56 Å². The maximum Gasteiger partial charge on any atom is 0.324 e. The SMILES string of the molecule is COc1ccc(NC(=O)C2CCN(c3nc(-c4ccc(OC)c(OC)c4)no3)CC2)cc1OC. The number of amides is 1. The van der Waals surface area contributed by atoms with E-state index in [0.29, 0.717) is 66.5 Å². The van der Waals surface area contributed by atoms with Gasteiger partial charge in [-0.2, -0.15) is 4.98 Å². The molecule has 0 unspecified atom stereocenters. The molecule has 10 nitrogen and oxygen atoms in total. The molecule has 1 saturated heterocycles. The Labute approximate surface area is 197 Å². The van der Waals surface area contributed by atoms with E-state index in [1.54, 1.807) is 58.8 Å². The molecule has 0 atom stereocenters.